The van der Waals surface area contributed by atoms with E-state index in [1.165, 1.54) is 6.42 Å². The summed E-state index contributed by atoms with van der Waals surface area (Å²) < 4.78 is 10.5. The van der Waals surface area contributed by atoms with Crippen LogP contribution < -0.4 is 26.0 Å². The van der Waals surface area contributed by atoms with Crippen LogP contribution in [0, 0.1) is 5.92 Å². The van der Waals surface area contributed by atoms with Gasteiger partial charge in [0.1, 0.15) is 23.4 Å². The average Bonchev–Trinajstić information content (AvgIpc) is 3.71. The van der Waals surface area contributed by atoms with Crippen LogP contribution in [0.4, 0.5) is 16.4 Å². The second-order valence-corrected chi connectivity index (χ2v) is 14.2. The van der Waals surface area contributed by atoms with E-state index in [-0.39, 0.29) is 24.1 Å². The fourth-order valence-corrected chi connectivity index (χ4v) is 6.81. The summed E-state index contributed by atoms with van der Waals surface area (Å²) in [6.07, 6.45) is 12.0. The number of piperidine rings is 1. The Balaban J connectivity index is 1.17. The number of rotatable bonds is 10. The lowest BCUT2D eigenvalue weighted by Gasteiger charge is -2.39. The molecule has 0 spiro atoms. The third-order valence-electron chi connectivity index (χ3n) is 9.66. The number of amidine groups is 1. The van der Waals surface area contributed by atoms with Gasteiger partial charge in [-0.1, -0.05) is 38.1 Å². The number of pyridine rings is 1. The fraction of sp³-hybridized carbons (Fsp3) is 0.486. The number of benzene rings is 1. The van der Waals surface area contributed by atoms with E-state index < -0.39 is 0 Å². The Hall–Kier alpha value is -4.91. The predicted molar refractivity (Wildman–Crippen MR) is 197 cm³/mol. The molecular formula is C37H51N11O2. The molecule has 3 aromatic heterocycles. The lowest BCUT2D eigenvalue weighted by atomic mass is 9.85. The number of allylic oxidation sites excluding steroid dienone is 1. The van der Waals surface area contributed by atoms with Crippen molar-refractivity contribution in [3.63, 3.8) is 0 Å². The highest BCUT2D eigenvalue weighted by Crippen LogP contribution is 2.39. The molecule has 1 aliphatic carbocycles. The number of aromatic nitrogens is 5. The van der Waals surface area contributed by atoms with Crippen molar-refractivity contribution in [1.82, 2.24) is 39.9 Å². The van der Waals surface area contributed by atoms with Crippen LogP contribution in [0.1, 0.15) is 83.1 Å². The zero-order valence-electron chi connectivity index (χ0n) is 30.1. The van der Waals surface area contributed by atoms with E-state index in [0.29, 0.717) is 35.7 Å². The second-order valence-electron chi connectivity index (χ2n) is 14.2. The van der Waals surface area contributed by atoms with Crippen molar-refractivity contribution in [3.05, 3.63) is 77.9 Å². The van der Waals surface area contributed by atoms with E-state index in [2.05, 4.69) is 66.7 Å². The smallest absolute Gasteiger partial charge is 0.320 e. The molecule has 4 N–H and O–H groups in total. The van der Waals surface area contributed by atoms with E-state index in [0.717, 1.165) is 60.8 Å². The van der Waals surface area contributed by atoms with Crippen LogP contribution in [0.3, 0.4) is 0 Å². The summed E-state index contributed by atoms with van der Waals surface area (Å²) in [7, 11) is 4.04. The number of urea groups is 1. The Bertz CT molecular complexity index is 1830. The average molecular weight is 682 g/mol. The van der Waals surface area contributed by atoms with E-state index in [1.807, 2.05) is 73.7 Å². The molecular weight excluding hydrogens is 630 g/mol. The molecule has 4 heterocycles. The molecule has 0 bridgehead atoms. The third kappa shape index (κ3) is 8.10. The van der Waals surface area contributed by atoms with Crippen molar-refractivity contribution in [2.24, 2.45) is 16.6 Å². The number of hydrogen-bond acceptors (Lipinski definition) is 9. The number of nitrogens with zero attached hydrogens (tertiary/aromatic N) is 8. The van der Waals surface area contributed by atoms with Gasteiger partial charge in [-0.2, -0.15) is 5.10 Å². The quantitative estimate of drug-likeness (QED) is 0.142. The van der Waals surface area contributed by atoms with Crippen molar-refractivity contribution in [2.75, 3.05) is 25.5 Å². The van der Waals surface area contributed by atoms with Crippen LogP contribution in [0.2, 0.25) is 0 Å². The minimum Gasteiger partial charge on any atom is -0.484 e. The summed E-state index contributed by atoms with van der Waals surface area (Å²) in [4.78, 5) is 22.6. The van der Waals surface area contributed by atoms with Crippen molar-refractivity contribution < 1.29 is 9.53 Å². The molecule has 0 radical (unpaired) electrons. The maximum absolute atomic E-state index is 13.5. The standard InChI is InChI=1S/C37H51N11O2/c1-24(2)31(38)20-34(40-27-21-39-46(22-27)19-18-45(5)6)42-36(49)41-32-15-16-33(30-13-8-7-12-29(30)32)50-28-14-17-35-43-44-37(47(35)23-28)48-25(3)10-9-11-26(48)4/h7-8,12-14,17,20-26,32-33H,9-11,15-16,18-19,38H2,1-6H3,(H2,40,41,42,49)/t25-,26+,32-,33+/m0/s1. The van der Waals surface area contributed by atoms with Crippen LogP contribution in [0.25, 0.3) is 5.65 Å². The molecule has 6 rings (SSSR count). The molecule has 2 aliphatic rings. The number of amides is 2. The van der Waals surface area contributed by atoms with Gasteiger partial charge in [0.05, 0.1) is 31.2 Å². The maximum atomic E-state index is 13.5. The fourth-order valence-electron chi connectivity index (χ4n) is 6.81. The number of aliphatic imine (C=N–C) groups is 1. The van der Waals surface area contributed by atoms with Crippen molar-refractivity contribution in [1.29, 1.82) is 0 Å². The van der Waals surface area contributed by atoms with Crippen LogP contribution in [-0.2, 0) is 6.54 Å². The van der Waals surface area contributed by atoms with Gasteiger partial charge in [-0.3, -0.25) is 14.4 Å². The van der Waals surface area contributed by atoms with E-state index in [1.54, 1.807) is 12.3 Å². The van der Waals surface area contributed by atoms with Crippen LogP contribution >= 0.6 is 0 Å². The number of ether oxygens (including phenoxy) is 1. The highest BCUT2D eigenvalue weighted by molar-refractivity contribution is 6.05. The Kier molecular flexibility index (Phi) is 10.7. The highest BCUT2D eigenvalue weighted by Gasteiger charge is 2.31. The van der Waals surface area contributed by atoms with Gasteiger partial charge < -0.3 is 25.6 Å². The van der Waals surface area contributed by atoms with Gasteiger partial charge in [0.15, 0.2) is 5.65 Å². The first-order valence-electron chi connectivity index (χ1n) is 17.7. The van der Waals surface area contributed by atoms with Gasteiger partial charge in [-0.15, -0.1) is 10.2 Å². The Labute approximate surface area is 294 Å². The number of likely N-dealkylation sites (N-methyl/N-ethyl adjacent to an activating group) is 1. The molecule has 2 amide bonds. The molecule has 4 aromatic rings. The van der Waals surface area contributed by atoms with E-state index >= 15 is 0 Å². The van der Waals surface area contributed by atoms with Crippen LogP contribution in [-0.4, -0.2) is 73.9 Å². The number of carbonyl (C=O) groups excluding carboxylic acids is 1. The number of carbonyl (C=O) groups is 1. The minimum absolute atomic E-state index is 0.0873. The van der Waals surface area contributed by atoms with Crippen LogP contribution in [0.5, 0.6) is 5.75 Å². The monoisotopic (exact) mass is 681 g/mol. The molecule has 13 nitrogen and oxygen atoms in total. The van der Waals surface area contributed by atoms with Crippen molar-refractivity contribution in [3.8, 4) is 5.75 Å². The second kappa shape index (κ2) is 15.3. The van der Waals surface area contributed by atoms with Crippen molar-refractivity contribution >= 4 is 29.1 Å². The van der Waals surface area contributed by atoms with Crippen molar-refractivity contribution in [2.45, 2.75) is 90.6 Å². The normalized spacial score (nSPS) is 21.5. The zero-order chi connectivity index (χ0) is 35.4. The highest BCUT2D eigenvalue weighted by atomic mass is 16.5. The van der Waals surface area contributed by atoms with E-state index in [4.69, 9.17) is 10.5 Å². The summed E-state index contributed by atoms with van der Waals surface area (Å²) in [5.74, 6) is 2.04. The van der Waals surface area contributed by atoms with Gasteiger partial charge in [-0.05, 0) is 95.3 Å². The number of nitrogens with two attached hydrogens (primary N) is 1. The Morgan fingerprint density at radius 2 is 1.82 bits per heavy atom. The maximum Gasteiger partial charge on any atom is 0.320 e. The van der Waals surface area contributed by atoms with Gasteiger partial charge in [0, 0.05) is 24.3 Å². The molecule has 50 heavy (non-hydrogen) atoms. The number of anilines is 1. The largest absolute Gasteiger partial charge is 0.484 e. The minimum atomic E-state index is -0.359. The lowest BCUT2D eigenvalue weighted by molar-refractivity contribution is 0.171. The summed E-state index contributed by atoms with van der Waals surface area (Å²) in [5.41, 5.74) is 10.4. The Morgan fingerprint density at radius 1 is 1.06 bits per heavy atom. The summed E-state index contributed by atoms with van der Waals surface area (Å²) >= 11 is 0. The molecule has 1 saturated heterocycles. The molecule has 13 heteroatoms. The molecule has 266 valence electrons. The first kappa shape index (κ1) is 34.9. The first-order chi connectivity index (χ1) is 24.0. The number of nitrogens with one attached hydrogen (secondary N) is 2. The predicted octanol–water partition coefficient (Wildman–Crippen LogP) is 5.74. The van der Waals surface area contributed by atoms with Gasteiger partial charge in [0.2, 0.25) is 5.95 Å². The van der Waals surface area contributed by atoms with E-state index in [9.17, 15) is 4.79 Å². The SMILES string of the molecule is CC(C)C(N)=CC(=Nc1cnn(CCN(C)C)c1)NC(=O)N[C@H]1CC[C@@H](Oc2ccc3nnc(N4[C@H](C)CCC[C@@H]4C)n3c2)c2ccccc21. The van der Waals surface area contributed by atoms with Gasteiger partial charge >= 0.3 is 6.03 Å². The Morgan fingerprint density at radius 3 is 2.56 bits per heavy atom. The molecule has 0 saturated carbocycles. The molecule has 1 aromatic carbocycles. The topological polar surface area (TPSA) is 143 Å². The first-order valence-corrected chi connectivity index (χ1v) is 17.7. The molecule has 4 atom stereocenters. The third-order valence-corrected chi connectivity index (χ3v) is 9.66. The molecule has 0 unspecified atom stereocenters. The lowest BCUT2D eigenvalue weighted by Crippen LogP contribution is -2.44. The molecule has 1 fully saturated rings. The van der Waals surface area contributed by atoms with Gasteiger partial charge in [0.25, 0.3) is 0 Å². The van der Waals surface area contributed by atoms with Gasteiger partial charge in [-0.25, -0.2) is 9.79 Å². The summed E-state index contributed by atoms with van der Waals surface area (Å²) in [6.45, 7) is 10.1. The zero-order valence-corrected chi connectivity index (χ0v) is 30.1. The number of hydrogen-bond donors (Lipinski definition) is 3. The van der Waals surface area contributed by atoms with Crippen LogP contribution in [0.15, 0.2) is 71.8 Å². The summed E-state index contributed by atoms with van der Waals surface area (Å²) in [6, 6.07) is 12.3. The molecule has 1 aliphatic heterocycles. The summed E-state index contributed by atoms with van der Waals surface area (Å²) in [5, 5.41) is 19.6. The number of fused-ring (bicyclic) bond motifs is 2.